The average molecular weight is 539 g/mol. The molecule has 3 unspecified atom stereocenters. The van der Waals surface area contributed by atoms with Crippen LogP contribution in [0.25, 0.3) is 0 Å². The number of anilines is 1. The van der Waals surface area contributed by atoms with E-state index < -0.39 is 35.8 Å². The molecule has 0 radical (unpaired) electrons. The molecule has 202 valence electrons. The van der Waals surface area contributed by atoms with Crippen LogP contribution in [0.3, 0.4) is 0 Å². The summed E-state index contributed by atoms with van der Waals surface area (Å²) in [7, 11) is 1.43. The summed E-state index contributed by atoms with van der Waals surface area (Å²) < 4.78 is 40.3. The second kappa shape index (κ2) is 9.85. The summed E-state index contributed by atoms with van der Waals surface area (Å²) in [6.07, 6.45) is -3.40. The summed E-state index contributed by atoms with van der Waals surface area (Å²) in [5, 5.41) is 22.2. The Balaban J connectivity index is 1.61. The van der Waals surface area contributed by atoms with Gasteiger partial charge in [-0.3, -0.25) is 14.5 Å². The van der Waals surface area contributed by atoms with Crippen molar-refractivity contribution in [1.82, 2.24) is 10.2 Å². The van der Waals surface area contributed by atoms with Gasteiger partial charge in [-0.15, -0.1) is 0 Å². The van der Waals surface area contributed by atoms with Crippen LogP contribution in [-0.2, 0) is 11.0 Å². The number of hydrogen-bond acceptors (Lipinski definition) is 5. The van der Waals surface area contributed by atoms with Crippen molar-refractivity contribution in [3.63, 3.8) is 0 Å². The summed E-state index contributed by atoms with van der Waals surface area (Å²) in [4.78, 5) is 42.6. The highest BCUT2D eigenvalue weighted by molar-refractivity contribution is 6.09. The predicted octanol–water partition coefficient (Wildman–Crippen LogP) is 4.45. The van der Waals surface area contributed by atoms with E-state index in [-0.39, 0.29) is 47.1 Å². The van der Waals surface area contributed by atoms with Gasteiger partial charge in [0, 0.05) is 36.3 Å². The first-order valence-electron chi connectivity index (χ1n) is 12.5. The Morgan fingerprint density at radius 3 is 2.56 bits per heavy atom. The predicted molar refractivity (Wildman–Crippen MR) is 133 cm³/mol. The molecule has 1 fully saturated rings. The lowest BCUT2D eigenvalue weighted by atomic mass is 9.88. The van der Waals surface area contributed by atoms with Crippen LogP contribution >= 0.6 is 0 Å². The van der Waals surface area contributed by atoms with Crippen molar-refractivity contribution in [2.75, 3.05) is 11.9 Å². The fraction of sp³-hybridized carbons (Fsp3) is 0.357. The molecule has 5 rings (SSSR count). The number of nitrogens with one attached hydrogen (secondary N) is 1. The molecule has 2 aromatic rings. The van der Waals surface area contributed by atoms with E-state index in [0.717, 1.165) is 17.0 Å². The zero-order valence-corrected chi connectivity index (χ0v) is 21.0. The Hall–Kier alpha value is -4.17. The molecule has 39 heavy (non-hydrogen) atoms. The van der Waals surface area contributed by atoms with Crippen LogP contribution in [0.4, 0.5) is 23.7 Å². The minimum absolute atomic E-state index is 0.0140. The lowest BCUT2D eigenvalue weighted by Crippen LogP contribution is -2.48. The van der Waals surface area contributed by atoms with Gasteiger partial charge in [0.1, 0.15) is 0 Å². The molecule has 8 nitrogen and oxygen atoms in total. The molecular formula is C28H25F3N4O4. The normalized spacial score (nSPS) is 23.2. The molecule has 1 aliphatic heterocycles. The number of nitrogens with zero attached hydrogens (tertiary/aromatic N) is 3. The van der Waals surface area contributed by atoms with Gasteiger partial charge in [-0.2, -0.15) is 18.4 Å². The number of urea groups is 1. The van der Waals surface area contributed by atoms with Crippen molar-refractivity contribution in [2.45, 2.75) is 56.5 Å². The Kier molecular flexibility index (Phi) is 6.68. The third-order valence-corrected chi connectivity index (χ3v) is 7.52. The summed E-state index contributed by atoms with van der Waals surface area (Å²) >= 11 is 0. The Labute approximate surface area is 222 Å². The molecule has 0 aromatic heterocycles. The summed E-state index contributed by atoms with van der Waals surface area (Å²) in [6, 6.07) is 8.88. The van der Waals surface area contributed by atoms with Crippen LogP contribution in [0.5, 0.6) is 0 Å². The molecule has 0 spiro atoms. The van der Waals surface area contributed by atoms with Gasteiger partial charge in [-0.1, -0.05) is 12.1 Å². The van der Waals surface area contributed by atoms with Crippen LogP contribution in [0.1, 0.15) is 65.2 Å². The van der Waals surface area contributed by atoms with E-state index in [1.807, 2.05) is 6.07 Å². The second-order valence-electron chi connectivity index (χ2n) is 10.0. The first-order valence-corrected chi connectivity index (χ1v) is 12.5. The van der Waals surface area contributed by atoms with Crippen molar-refractivity contribution < 1.29 is 32.7 Å². The molecule has 2 aliphatic carbocycles. The SMILES string of the molecule is CN1C(=O)N(c2cccc(C(F)(F)F)c2)C2=C(C(=O)CC2)C1c1ccc(C#N)cc1C(=O)NC1CCC(O)C1. The lowest BCUT2D eigenvalue weighted by molar-refractivity contribution is -0.137. The third kappa shape index (κ3) is 4.76. The summed E-state index contributed by atoms with van der Waals surface area (Å²) in [5.74, 6) is -0.782. The maximum atomic E-state index is 13.7. The van der Waals surface area contributed by atoms with Crippen molar-refractivity contribution in [3.05, 3.63) is 76.0 Å². The van der Waals surface area contributed by atoms with Crippen molar-refractivity contribution in [1.29, 1.82) is 5.26 Å². The highest BCUT2D eigenvalue weighted by atomic mass is 19.4. The number of aliphatic hydroxyl groups excluding tert-OH is 1. The van der Waals surface area contributed by atoms with E-state index in [9.17, 15) is 37.9 Å². The van der Waals surface area contributed by atoms with Crippen LogP contribution in [0, 0.1) is 11.3 Å². The number of rotatable bonds is 4. The lowest BCUT2D eigenvalue weighted by Gasteiger charge is -2.41. The molecule has 1 saturated carbocycles. The van der Waals surface area contributed by atoms with Crippen LogP contribution in [0.2, 0.25) is 0 Å². The van der Waals surface area contributed by atoms with Gasteiger partial charge in [0.15, 0.2) is 5.78 Å². The molecule has 3 aliphatic rings. The van der Waals surface area contributed by atoms with E-state index in [1.54, 1.807) is 0 Å². The molecule has 3 atom stereocenters. The maximum absolute atomic E-state index is 13.7. The van der Waals surface area contributed by atoms with Crippen molar-refractivity contribution in [2.24, 2.45) is 0 Å². The molecule has 2 N–H and O–H groups in total. The molecule has 0 bridgehead atoms. The quantitative estimate of drug-likeness (QED) is 0.597. The first kappa shape index (κ1) is 26.4. The number of Topliss-reactive ketones (excluding diaryl/α,β-unsaturated/α-hetero) is 1. The number of carbonyl (C=O) groups excluding carboxylic acids is 3. The van der Waals surface area contributed by atoms with Gasteiger partial charge in [0.2, 0.25) is 0 Å². The van der Waals surface area contributed by atoms with E-state index in [4.69, 9.17) is 0 Å². The van der Waals surface area contributed by atoms with Gasteiger partial charge in [-0.25, -0.2) is 4.79 Å². The topological polar surface area (TPSA) is 114 Å². The van der Waals surface area contributed by atoms with Gasteiger partial charge < -0.3 is 15.3 Å². The molecule has 0 saturated heterocycles. The van der Waals surface area contributed by atoms with E-state index in [2.05, 4.69) is 5.32 Å². The Morgan fingerprint density at radius 2 is 1.90 bits per heavy atom. The summed E-state index contributed by atoms with van der Waals surface area (Å²) in [6.45, 7) is 0. The number of ketones is 1. The number of nitriles is 1. The number of halogens is 3. The molecule has 1 heterocycles. The van der Waals surface area contributed by atoms with E-state index in [0.29, 0.717) is 30.5 Å². The minimum atomic E-state index is -4.62. The van der Waals surface area contributed by atoms with Crippen LogP contribution in [-0.4, -0.2) is 46.9 Å². The Morgan fingerprint density at radius 1 is 1.13 bits per heavy atom. The number of likely N-dealkylation sites (N-methyl/N-ethyl adjacent to an activating group) is 1. The van der Waals surface area contributed by atoms with Crippen molar-refractivity contribution in [3.8, 4) is 6.07 Å². The minimum Gasteiger partial charge on any atom is -0.393 e. The third-order valence-electron chi connectivity index (χ3n) is 7.52. The number of benzene rings is 2. The van der Waals surface area contributed by atoms with E-state index in [1.165, 1.54) is 42.3 Å². The molecule has 3 amide bonds. The average Bonchev–Trinajstić information content (AvgIpc) is 3.49. The fourth-order valence-corrected chi connectivity index (χ4v) is 5.65. The maximum Gasteiger partial charge on any atom is 0.416 e. The van der Waals surface area contributed by atoms with Gasteiger partial charge in [-0.05, 0) is 61.6 Å². The van der Waals surface area contributed by atoms with Gasteiger partial charge in [0.25, 0.3) is 5.91 Å². The highest BCUT2D eigenvalue weighted by Gasteiger charge is 2.46. The Bertz CT molecular complexity index is 1450. The van der Waals surface area contributed by atoms with Crippen LogP contribution < -0.4 is 10.2 Å². The monoisotopic (exact) mass is 538 g/mol. The van der Waals surface area contributed by atoms with Crippen molar-refractivity contribution >= 4 is 23.4 Å². The standard InChI is InChI=1S/C28H25F3N4O4/c1-34-25(20-8-5-15(14-32)11-21(20)26(38)33-17-6-7-19(36)13-17)24-22(9-10-23(24)37)35(27(34)39)18-4-2-3-16(12-18)28(29,30)31/h2-5,8,11-12,17,19,25,36H,6-7,9-10,13H2,1H3,(H,33,38). The van der Waals surface area contributed by atoms with Crippen LogP contribution in [0.15, 0.2) is 53.7 Å². The zero-order valence-electron chi connectivity index (χ0n) is 21.0. The first-order chi connectivity index (χ1) is 18.5. The number of carbonyl (C=O) groups is 3. The number of allylic oxidation sites excluding steroid dienone is 1. The zero-order chi connectivity index (χ0) is 28.1. The summed E-state index contributed by atoms with van der Waals surface area (Å²) in [5.41, 5.74) is 0.225. The fourth-order valence-electron chi connectivity index (χ4n) is 5.65. The number of alkyl halides is 3. The number of hydrogen-bond donors (Lipinski definition) is 2. The largest absolute Gasteiger partial charge is 0.416 e. The molecule has 2 aromatic carbocycles. The number of aliphatic hydroxyl groups is 1. The highest BCUT2D eigenvalue weighted by Crippen LogP contribution is 2.45. The number of amides is 3. The smallest absolute Gasteiger partial charge is 0.393 e. The molecular weight excluding hydrogens is 513 g/mol. The van der Waals surface area contributed by atoms with E-state index >= 15 is 0 Å². The van der Waals surface area contributed by atoms with Gasteiger partial charge in [0.05, 0.1) is 35.0 Å². The van der Waals surface area contributed by atoms with Gasteiger partial charge >= 0.3 is 12.2 Å². The molecule has 11 heteroatoms. The second-order valence-corrected chi connectivity index (χ2v) is 10.0.